The minimum atomic E-state index is 0.342. The minimum absolute atomic E-state index is 0.342. The lowest BCUT2D eigenvalue weighted by atomic mass is 10.1. The molecular weight excluding hydrogens is 312 g/mol. The summed E-state index contributed by atoms with van der Waals surface area (Å²) in [6, 6.07) is 18.1. The van der Waals surface area contributed by atoms with Gasteiger partial charge in [-0.25, -0.2) is 0 Å². The highest BCUT2D eigenvalue weighted by molar-refractivity contribution is 5.44. The topological polar surface area (TPSA) is 33.7 Å². The summed E-state index contributed by atoms with van der Waals surface area (Å²) in [5.74, 6) is 1.74. The summed E-state index contributed by atoms with van der Waals surface area (Å²) in [6.45, 7) is 5.94. The standard InChI is InChI=1S/C21H26N2O2/c1-16(18-5-3-2-4-6-18)23-12-10-19(14-23)22-11-9-17-7-8-20-21(13-17)25-15-24-20/h2-8,13,16,19,22H,9-12,14-15H2,1H3. The second-order valence-electron chi connectivity index (χ2n) is 6.96. The fourth-order valence-electron chi connectivity index (χ4n) is 3.77. The number of ether oxygens (including phenoxy) is 2. The van der Waals surface area contributed by atoms with Crippen LogP contribution in [0.2, 0.25) is 0 Å². The number of nitrogens with zero attached hydrogens (tertiary/aromatic N) is 1. The molecule has 1 saturated heterocycles. The fourth-order valence-corrected chi connectivity index (χ4v) is 3.77. The third-order valence-corrected chi connectivity index (χ3v) is 5.33. The molecule has 132 valence electrons. The highest BCUT2D eigenvalue weighted by atomic mass is 16.7. The highest BCUT2D eigenvalue weighted by Gasteiger charge is 2.26. The summed E-state index contributed by atoms with van der Waals surface area (Å²) in [7, 11) is 0. The van der Waals surface area contributed by atoms with E-state index < -0.39 is 0 Å². The number of likely N-dealkylation sites (tertiary alicyclic amines) is 1. The van der Waals surface area contributed by atoms with Crippen molar-refractivity contribution in [2.75, 3.05) is 26.4 Å². The van der Waals surface area contributed by atoms with Gasteiger partial charge in [-0.05, 0) is 49.6 Å². The van der Waals surface area contributed by atoms with Gasteiger partial charge in [-0.3, -0.25) is 4.90 Å². The van der Waals surface area contributed by atoms with Crippen LogP contribution in [0, 0.1) is 0 Å². The lowest BCUT2D eigenvalue weighted by Gasteiger charge is -2.25. The minimum Gasteiger partial charge on any atom is -0.454 e. The van der Waals surface area contributed by atoms with E-state index in [4.69, 9.17) is 9.47 Å². The maximum Gasteiger partial charge on any atom is 0.231 e. The molecule has 2 aliphatic heterocycles. The number of hydrogen-bond acceptors (Lipinski definition) is 4. The number of benzene rings is 2. The highest BCUT2D eigenvalue weighted by Crippen LogP contribution is 2.32. The normalized spacial score (nSPS) is 20.8. The van der Waals surface area contributed by atoms with Crippen LogP contribution >= 0.6 is 0 Å². The zero-order valence-corrected chi connectivity index (χ0v) is 14.8. The van der Waals surface area contributed by atoms with Crippen molar-refractivity contribution >= 4 is 0 Å². The lowest BCUT2D eigenvalue weighted by molar-refractivity contribution is 0.174. The Morgan fingerprint density at radius 1 is 1.12 bits per heavy atom. The summed E-state index contributed by atoms with van der Waals surface area (Å²) >= 11 is 0. The smallest absolute Gasteiger partial charge is 0.231 e. The molecule has 1 fully saturated rings. The summed E-state index contributed by atoms with van der Waals surface area (Å²) in [4.78, 5) is 2.58. The third-order valence-electron chi connectivity index (χ3n) is 5.33. The van der Waals surface area contributed by atoms with Crippen molar-refractivity contribution in [2.24, 2.45) is 0 Å². The van der Waals surface area contributed by atoms with Gasteiger partial charge in [0.05, 0.1) is 0 Å². The molecule has 0 bridgehead atoms. The molecule has 2 aromatic rings. The van der Waals surface area contributed by atoms with E-state index in [0.29, 0.717) is 18.9 Å². The Balaban J connectivity index is 1.24. The molecule has 4 nitrogen and oxygen atoms in total. The first-order chi connectivity index (χ1) is 12.3. The Kier molecular flexibility index (Phi) is 4.90. The van der Waals surface area contributed by atoms with E-state index >= 15 is 0 Å². The van der Waals surface area contributed by atoms with Crippen molar-refractivity contribution in [3.63, 3.8) is 0 Å². The fraction of sp³-hybridized carbons (Fsp3) is 0.429. The van der Waals surface area contributed by atoms with Gasteiger partial charge in [0.15, 0.2) is 11.5 Å². The molecular formula is C21H26N2O2. The lowest BCUT2D eigenvalue weighted by Crippen LogP contribution is -2.34. The van der Waals surface area contributed by atoms with Crippen LogP contribution in [-0.4, -0.2) is 37.4 Å². The van der Waals surface area contributed by atoms with Gasteiger partial charge < -0.3 is 14.8 Å². The average Bonchev–Trinajstić information content (AvgIpc) is 3.31. The molecule has 0 spiro atoms. The van der Waals surface area contributed by atoms with Crippen LogP contribution < -0.4 is 14.8 Å². The Hall–Kier alpha value is -2.04. The van der Waals surface area contributed by atoms with Gasteiger partial charge in [0.2, 0.25) is 6.79 Å². The molecule has 2 unspecified atom stereocenters. The van der Waals surface area contributed by atoms with Crippen molar-refractivity contribution in [1.29, 1.82) is 0 Å². The van der Waals surface area contributed by atoms with Crippen LogP contribution in [0.3, 0.4) is 0 Å². The van der Waals surface area contributed by atoms with Crippen LogP contribution in [-0.2, 0) is 6.42 Å². The zero-order chi connectivity index (χ0) is 17.1. The second kappa shape index (κ2) is 7.46. The Morgan fingerprint density at radius 2 is 1.96 bits per heavy atom. The molecule has 4 rings (SSSR count). The van der Waals surface area contributed by atoms with Gasteiger partial charge in [-0.1, -0.05) is 36.4 Å². The monoisotopic (exact) mass is 338 g/mol. The molecule has 0 saturated carbocycles. The SMILES string of the molecule is CC(c1ccccc1)N1CCC(NCCc2ccc3c(c2)OCO3)C1. The molecule has 0 aromatic heterocycles. The maximum absolute atomic E-state index is 5.45. The van der Waals surface area contributed by atoms with E-state index in [-0.39, 0.29) is 0 Å². The van der Waals surface area contributed by atoms with E-state index in [9.17, 15) is 0 Å². The van der Waals surface area contributed by atoms with Gasteiger partial charge in [-0.15, -0.1) is 0 Å². The van der Waals surface area contributed by atoms with E-state index in [1.807, 2.05) is 6.07 Å². The van der Waals surface area contributed by atoms with E-state index in [1.165, 1.54) is 17.5 Å². The molecule has 2 atom stereocenters. The summed E-state index contributed by atoms with van der Waals surface area (Å²) < 4.78 is 10.8. The van der Waals surface area contributed by atoms with Crippen LogP contribution in [0.15, 0.2) is 48.5 Å². The zero-order valence-electron chi connectivity index (χ0n) is 14.8. The quantitative estimate of drug-likeness (QED) is 0.875. The van der Waals surface area contributed by atoms with Gasteiger partial charge in [0.25, 0.3) is 0 Å². The molecule has 2 heterocycles. The van der Waals surface area contributed by atoms with Crippen molar-refractivity contribution in [1.82, 2.24) is 10.2 Å². The number of nitrogens with one attached hydrogen (secondary N) is 1. The predicted octanol–water partition coefficient (Wildman–Crippen LogP) is 3.38. The van der Waals surface area contributed by atoms with Crippen molar-refractivity contribution in [2.45, 2.75) is 31.8 Å². The number of hydrogen-bond donors (Lipinski definition) is 1. The first kappa shape index (κ1) is 16.4. The predicted molar refractivity (Wildman–Crippen MR) is 99.1 cm³/mol. The number of fused-ring (bicyclic) bond motifs is 1. The van der Waals surface area contributed by atoms with E-state index in [1.54, 1.807) is 0 Å². The second-order valence-corrected chi connectivity index (χ2v) is 6.96. The van der Waals surface area contributed by atoms with Crippen LogP contribution in [0.1, 0.15) is 30.5 Å². The largest absolute Gasteiger partial charge is 0.454 e. The first-order valence-electron chi connectivity index (χ1n) is 9.20. The molecule has 0 amide bonds. The van der Waals surface area contributed by atoms with Gasteiger partial charge in [0, 0.05) is 25.2 Å². The average molecular weight is 338 g/mol. The summed E-state index contributed by atoms with van der Waals surface area (Å²) in [5.41, 5.74) is 2.70. The Bertz CT molecular complexity index is 704. The van der Waals surface area contributed by atoms with Crippen molar-refractivity contribution in [3.8, 4) is 11.5 Å². The van der Waals surface area contributed by atoms with E-state index in [0.717, 1.165) is 37.6 Å². The summed E-state index contributed by atoms with van der Waals surface area (Å²) in [6.07, 6.45) is 2.24. The Morgan fingerprint density at radius 3 is 2.84 bits per heavy atom. The van der Waals surface area contributed by atoms with Gasteiger partial charge in [0.1, 0.15) is 0 Å². The molecule has 2 aliphatic rings. The van der Waals surface area contributed by atoms with Crippen LogP contribution in [0.4, 0.5) is 0 Å². The van der Waals surface area contributed by atoms with Crippen LogP contribution in [0.25, 0.3) is 0 Å². The molecule has 4 heteroatoms. The first-order valence-corrected chi connectivity index (χ1v) is 9.20. The molecule has 2 aromatic carbocycles. The van der Waals surface area contributed by atoms with Crippen molar-refractivity contribution in [3.05, 3.63) is 59.7 Å². The molecule has 25 heavy (non-hydrogen) atoms. The van der Waals surface area contributed by atoms with Gasteiger partial charge >= 0.3 is 0 Å². The summed E-state index contributed by atoms with van der Waals surface area (Å²) in [5, 5.41) is 3.72. The van der Waals surface area contributed by atoms with Gasteiger partial charge in [-0.2, -0.15) is 0 Å². The van der Waals surface area contributed by atoms with Crippen LogP contribution in [0.5, 0.6) is 11.5 Å². The third kappa shape index (κ3) is 3.80. The number of rotatable bonds is 6. The van der Waals surface area contributed by atoms with E-state index in [2.05, 4.69) is 59.6 Å². The maximum atomic E-state index is 5.45. The molecule has 0 aliphatic carbocycles. The van der Waals surface area contributed by atoms with Crippen molar-refractivity contribution < 1.29 is 9.47 Å². The molecule has 1 N–H and O–H groups in total. The molecule has 0 radical (unpaired) electrons. The Labute approximate surface area is 149 Å².